The van der Waals surface area contributed by atoms with E-state index < -0.39 is 5.60 Å². The van der Waals surface area contributed by atoms with Gasteiger partial charge in [-0.3, -0.25) is 0 Å². The van der Waals surface area contributed by atoms with Gasteiger partial charge in [0.15, 0.2) is 0 Å². The molecule has 12 heavy (non-hydrogen) atoms. The van der Waals surface area contributed by atoms with Crippen molar-refractivity contribution >= 4 is 5.97 Å². The summed E-state index contributed by atoms with van der Waals surface area (Å²) in [6.07, 6.45) is 0.718. The maximum absolute atomic E-state index is 11.0. The third-order valence-electron chi connectivity index (χ3n) is 2.29. The molecule has 2 rings (SSSR count). The molecule has 0 saturated carbocycles. The van der Waals surface area contributed by atoms with Crippen LogP contribution in [0.5, 0.6) is 0 Å². The second kappa shape index (κ2) is 2.34. The van der Waals surface area contributed by atoms with Crippen LogP contribution in [-0.4, -0.2) is 5.97 Å². The van der Waals surface area contributed by atoms with Crippen LogP contribution in [0.4, 0.5) is 0 Å². The smallest absolute Gasteiger partial charge is 0.356 e. The fraction of sp³-hybridized carbons (Fsp3) is 0.300. The first-order valence-corrected chi connectivity index (χ1v) is 4.08. The van der Waals surface area contributed by atoms with Gasteiger partial charge in [0.1, 0.15) is 0 Å². The minimum atomic E-state index is -0.596. The van der Waals surface area contributed by atoms with E-state index in [2.05, 4.69) is 0 Å². The van der Waals surface area contributed by atoms with Crippen LogP contribution in [0.15, 0.2) is 30.3 Å². The Bertz CT molecular complexity index is 305. The van der Waals surface area contributed by atoms with Gasteiger partial charge in [0.05, 0.1) is 0 Å². The Labute approximate surface area is 71.2 Å². The molecule has 0 N–H and O–H groups in total. The van der Waals surface area contributed by atoms with Crippen LogP contribution in [0, 0.1) is 0 Å². The second-order valence-corrected chi connectivity index (χ2v) is 2.94. The lowest BCUT2D eigenvalue weighted by Gasteiger charge is -2.03. The van der Waals surface area contributed by atoms with Crippen LogP contribution in [0.25, 0.3) is 0 Å². The Hall–Kier alpha value is -1.31. The summed E-state index contributed by atoms with van der Waals surface area (Å²) in [5, 5.41) is 0. The molecule has 0 aliphatic carbocycles. The Balaban J connectivity index is 2.37. The molecule has 1 unspecified atom stereocenters. The molecule has 1 saturated heterocycles. The first-order chi connectivity index (χ1) is 5.79. The van der Waals surface area contributed by atoms with E-state index in [1.54, 1.807) is 0 Å². The molecule has 1 fully saturated rings. The van der Waals surface area contributed by atoms with E-state index in [0.29, 0.717) is 0 Å². The molecule has 1 aliphatic heterocycles. The van der Waals surface area contributed by atoms with E-state index in [9.17, 15) is 4.79 Å². The number of cyclic esters (lactones) is 1. The standard InChI is InChI=1S/C10H10O2/c1-2-10(9(11)12-10)8-6-4-3-5-7-8/h3-7H,2H2,1H3. The van der Waals surface area contributed by atoms with Crippen LogP contribution >= 0.6 is 0 Å². The number of hydrogen-bond acceptors (Lipinski definition) is 2. The Kier molecular flexibility index (Phi) is 1.43. The molecule has 2 nitrogen and oxygen atoms in total. The maximum Gasteiger partial charge on any atom is 0.356 e. The van der Waals surface area contributed by atoms with Gasteiger partial charge in [0, 0.05) is 5.56 Å². The van der Waals surface area contributed by atoms with Gasteiger partial charge in [-0.25, -0.2) is 4.79 Å². The Morgan fingerprint density at radius 3 is 2.33 bits per heavy atom. The number of carbonyl (C=O) groups excluding carboxylic acids is 1. The zero-order chi connectivity index (χ0) is 8.60. The molecule has 1 aliphatic rings. The minimum absolute atomic E-state index is 0.101. The van der Waals surface area contributed by atoms with Crippen molar-refractivity contribution in [2.75, 3.05) is 0 Å². The lowest BCUT2D eigenvalue weighted by molar-refractivity contribution is -0.117. The first kappa shape index (κ1) is 7.35. The van der Waals surface area contributed by atoms with Gasteiger partial charge in [-0.2, -0.15) is 0 Å². The van der Waals surface area contributed by atoms with E-state index in [4.69, 9.17) is 4.74 Å². The quantitative estimate of drug-likeness (QED) is 0.621. The van der Waals surface area contributed by atoms with E-state index in [1.165, 1.54) is 0 Å². The van der Waals surface area contributed by atoms with Crippen molar-refractivity contribution in [1.29, 1.82) is 0 Å². The van der Waals surface area contributed by atoms with Gasteiger partial charge < -0.3 is 4.74 Å². The highest BCUT2D eigenvalue weighted by molar-refractivity contribution is 5.94. The highest BCUT2D eigenvalue weighted by atomic mass is 16.7. The van der Waals surface area contributed by atoms with Crippen molar-refractivity contribution < 1.29 is 9.53 Å². The molecule has 2 heteroatoms. The third-order valence-corrected chi connectivity index (χ3v) is 2.29. The van der Waals surface area contributed by atoms with Crippen LogP contribution in [0.3, 0.4) is 0 Å². The van der Waals surface area contributed by atoms with Gasteiger partial charge in [-0.1, -0.05) is 37.3 Å². The molecule has 1 heterocycles. The monoisotopic (exact) mass is 162 g/mol. The average Bonchev–Trinajstić information content (AvgIpc) is 2.80. The average molecular weight is 162 g/mol. The van der Waals surface area contributed by atoms with E-state index in [-0.39, 0.29) is 5.97 Å². The maximum atomic E-state index is 11.0. The largest absolute Gasteiger partial charge is 0.439 e. The van der Waals surface area contributed by atoms with Gasteiger partial charge in [-0.05, 0) is 6.42 Å². The van der Waals surface area contributed by atoms with Crippen molar-refractivity contribution in [2.24, 2.45) is 0 Å². The van der Waals surface area contributed by atoms with Crippen molar-refractivity contribution in [2.45, 2.75) is 18.9 Å². The third kappa shape index (κ3) is 0.843. The van der Waals surface area contributed by atoms with E-state index in [0.717, 1.165) is 12.0 Å². The summed E-state index contributed by atoms with van der Waals surface area (Å²) in [5.41, 5.74) is 0.374. The molecule has 0 aromatic heterocycles. The number of epoxide rings is 1. The number of rotatable bonds is 2. The molecular formula is C10H10O2. The fourth-order valence-electron chi connectivity index (χ4n) is 1.44. The predicted octanol–water partition coefficient (Wildman–Crippen LogP) is 1.85. The molecule has 1 atom stereocenters. The number of benzene rings is 1. The van der Waals surface area contributed by atoms with Crippen molar-refractivity contribution in [3.05, 3.63) is 35.9 Å². The molecule has 62 valence electrons. The molecule has 0 bridgehead atoms. The van der Waals surface area contributed by atoms with Gasteiger partial charge in [-0.15, -0.1) is 0 Å². The van der Waals surface area contributed by atoms with E-state index >= 15 is 0 Å². The van der Waals surface area contributed by atoms with Gasteiger partial charge >= 0.3 is 5.97 Å². The van der Waals surface area contributed by atoms with Crippen LogP contribution in [0.2, 0.25) is 0 Å². The number of hydrogen-bond donors (Lipinski definition) is 0. The molecule has 0 spiro atoms. The first-order valence-electron chi connectivity index (χ1n) is 4.08. The summed E-state index contributed by atoms with van der Waals surface area (Å²) < 4.78 is 5.00. The summed E-state index contributed by atoms with van der Waals surface area (Å²) in [6, 6.07) is 9.62. The summed E-state index contributed by atoms with van der Waals surface area (Å²) in [5.74, 6) is -0.101. The summed E-state index contributed by atoms with van der Waals surface area (Å²) in [4.78, 5) is 11.0. The molecule has 0 amide bonds. The number of ether oxygens (including phenoxy) is 1. The Morgan fingerprint density at radius 2 is 1.92 bits per heavy atom. The summed E-state index contributed by atoms with van der Waals surface area (Å²) in [7, 11) is 0. The fourth-order valence-corrected chi connectivity index (χ4v) is 1.44. The topological polar surface area (TPSA) is 29.6 Å². The van der Waals surface area contributed by atoms with E-state index in [1.807, 2.05) is 37.3 Å². The molecule has 1 aromatic rings. The SMILES string of the molecule is CCC1(c2ccccc2)OC1=O. The van der Waals surface area contributed by atoms with Crippen LogP contribution in [0.1, 0.15) is 18.9 Å². The summed E-state index contributed by atoms with van der Waals surface area (Å²) in [6.45, 7) is 1.96. The highest BCUT2D eigenvalue weighted by Gasteiger charge is 2.57. The lowest BCUT2D eigenvalue weighted by Crippen LogP contribution is -2.08. The second-order valence-electron chi connectivity index (χ2n) is 2.94. The van der Waals surface area contributed by atoms with Crippen LogP contribution < -0.4 is 0 Å². The van der Waals surface area contributed by atoms with Crippen LogP contribution in [-0.2, 0) is 15.1 Å². The summed E-state index contributed by atoms with van der Waals surface area (Å²) >= 11 is 0. The van der Waals surface area contributed by atoms with Gasteiger partial charge in [0.2, 0.25) is 5.60 Å². The molecule has 0 radical (unpaired) electrons. The van der Waals surface area contributed by atoms with Crippen molar-refractivity contribution in [3.8, 4) is 0 Å². The predicted molar refractivity (Wildman–Crippen MR) is 44.5 cm³/mol. The highest BCUT2D eigenvalue weighted by Crippen LogP contribution is 2.43. The zero-order valence-electron chi connectivity index (χ0n) is 6.91. The normalized spacial score (nSPS) is 26.6. The zero-order valence-corrected chi connectivity index (χ0v) is 6.91. The number of carbonyl (C=O) groups is 1. The molecular weight excluding hydrogens is 152 g/mol. The van der Waals surface area contributed by atoms with Crippen molar-refractivity contribution in [3.63, 3.8) is 0 Å². The molecule has 1 aromatic carbocycles. The lowest BCUT2D eigenvalue weighted by atomic mass is 9.97. The van der Waals surface area contributed by atoms with Gasteiger partial charge in [0.25, 0.3) is 0 Å². The minimum Gasteiger partial charge on any atom is -0.439 e. The Morgan fingerprint density at radius 1 is 1.33 bits per heavy atom. The van der Waals surface area contributed by atoms with Crippen molar-refractivity contribution in [1.82, 2.24) is 0 Å².